The lowest BCUT2D eigenvalue weighted by Gasteiger charge is -2.26. The van der Waals surface area contributed by atoms with Crippen LogP contribution >= 0.6 is 0 Å². The predicted octanol–water partition coefficient (Wildman–Crippen LogP) is 4.18. The minimum absolute atomic E-state index is 0.214. The summed E-state index contributed by atoms with van der Waals surface area (Å²) in [5.41, 5.74) is 1.36. The zero-order chi connectivity index (χ0) is 19.7. The number of hydrogen-bond donors (Lipinski definition) is 0. The van der Waals surface area contributed by atoms with Crippen LogP contribution in [-0.2, 0) is 14.8 Å². The van der Waals surface area contributed by atoms with Crippen molar-refractivity contribution in [1.29, 1.82) is 0 Å². The maximum Gasteiger partial charge on any atom is 0.265 e. The van der Waals surface area contributed by atoms with E-state index in [4.69, 9.17) is 0 Å². The van der Waals surface area contributed by atoms with Crippen LogP contribution < -0.4 is 9.21 Å². The molecule has 3 aromatic carbocycles. The van der Waals surface area contributed by atoms with E-state index >= 15 is 0 Å². The molecule has 28 heavy (non-hydrogen) atoms. The van der Waals surface area contributed by atoms with Crippen molar-refractivity contribution >= 4 is 38.1 Å². The number of rotatable bonds is 6. The van der Waals surface area contributed by atoms with Crippen molar-refractivity contribution in [2.75, 3.05) is 22.3 Å². The number of sulfonamides is 1. The van der Waals surface area contributed by atoms with Crippen molar-refractivity contribution in [3.8, 4) is 0 Å². The summed E-state index contributed by atoms with van der Waals surface area (Å²) in [6.45, 7) is 2.41. The van der Waals surface area contributed by atoms with Crippen molar-refractivity contribution in [2.24, 2.45) is 0 Å². The number of para-hydroxylation sites is 1. The second-order valence-corrected chi connectivity index (χ2v) is 8.71. The number of anilines is 2. The second kappa shape index (κ2) is 7.28. The van der Waals surface area contributed by atoms with E-state index in [0.717, 1.165) is 23.9 Å². The lowest BCUT2D eigenvalue weighted by molar-refractivity contribution is -0.117. The summed E-state index contributed by atoms with van der Waals surface area (Å²) in [4.78, 5) is 15.1. The number of carbonyl (C=O) groups is 1. The van der Waals surface area contributed by atoms with Crippen molar-refractivity contribution in [3.05, 3.63) is 66.7 Å². The number of unbranched alkanes of at least 4 members (excludes halogenated alkanes) is 1. The van der Waals surface area contributed by atoms with Gasteiger partial charge < -0.3 is 4.90 Å². The lowest BCUT2D eigenvalue weighted by Crippen LogP contribution is -2.42. The number of hydrogen-bond acceptors (Lipinski definition) is 3. The molecule has 4 rings (SSSR count). The fraction of sp³-hybridized carbons (Fsp3) is 0.227. The van der Waals surface area contributed by atoms with E-state index < -0.39 is 10.0 Å². The Morgan fingerprint density at radius 2 is 1.68 bits per heavy atom. The molecule has 1 aliphatic heterocycles. The number of carbonyl (C=O) groups excluding carboxylic acids is 1. The molecule has 144 valence electrons. The minimum Gasteiger partial charge on any atom is -0.311 e. The molecule has 0 unspecified atom stereocenters. The first-order valence-corrected chi connectivity index (χ1v) is 10.9. The smallest absolute Gasteiger partial charge is 0.265 e. The Labute approximate surface area is 165 Å². The molecule has 5 nitrogen and oxygen atoms in total. The molecule has 0 fully saturated rings. The third-order valence-corrected chi connectivity index (χ3v) is 6.87. The van der Waals surface area contributed by atoms with E-state index in [-0.39, 0.29) is 17.3 Å². The van der Waals surface area contributed by atoms with Crippen LogP contribution in [0.3, 0.4) is 0 Å². The summed E-state index contributed by atoms with van der Waals surface area (Å²) in [7, 11) is -3.74. The van der Waals surface area contributed by atoms with Gasteiger partial charge in [-0.2, -0.15) is 0 Å². The Morgan fingerprint density at radius 1 is 0.964 bits per heavy atom. The third-order valence-electron chi connectivity index (χ3n) is 5.06. The van der Waals surface area contributed by atoms with Gasteiger partial charge >= 0.3 is 0 Å². The van der Waals surface area contributed by atoms with Gasteiger partial charge in [-0.1, -0.05) is 55.8 Å². The molecule has 0 aliphatic carbocycles. The van der Waals surface area contributed by atoms with Gasteiger partial charge in [-0.3, -0.25) is 9.10 Å². The highest BCUT2D eigenvalue weighted by molar-refractivity contribution is 7.93. The molecule has 0 saturated heterocycles. The zero-order valence-electron chi connectivity index (χ0n) is 15.7. The molecule has 0 spiro atoms. The van der Waals surface area contributed by atoms with Crippen molar-refractivity contribution in [2.45, 2.75) is 24.7 Å². The maximum absolute atomic E-state index is 13.2. The SMILES string of the molecule is CCCCN(C(=O)CN1c2cccc3cccc(c23)S1(=O)=O)c1ccccc1. The van der Waals surface area contributed by atoms with E-state index in [1.807, 2.05) is 48.5 Å². The molecule has 3 aromatic rings. The van der Waals surface area contributed by atoms with Crippen LogP contribution in [-0.4, -0.2) is 27.4 Å². The van der Waals surface area contributed by atoms with Gasteiger partial charge in [-0.05, 0) is 36.1 Å². The molecule has 0 N–H and O–H groups in total. The molecular weight excluding hydrogens is 372 g/mol. The van der Waals surface area contributed by atoms with Crippen LogP contribution in [0, 0.1) is 0 Å². The van der Waals surface area contributed by atoms with E-state index in [9.17, 15) is 13.2 Å². The van der Waals surface area contributed by atoms with Gasteiger partial charge in [-0.15, -0.1) is 0 Å². The Morgan fingerprint density at radius 3 is 2.39 bits per heavy atom. The Hall–Kier alpha value is -2.86. The summed E-state index contributed by atoms with van der Waals surface area (Å²) in [6, 6.07) is 20.1. The monoisotopic (exact) mass is 394 g/mol. The summed E-state index contributed by atoms with van der Waals surface area (Å²) in [5.74, 6) is -0.229. The first kappa shape index (κ1) is 18.5. The van der Waals surface area contributed by atoms with Gasteiger partial charge in [0.15, 0.2) is 0 Å². The van der Waals surface area contributed by atoms with Crippen LogP contribution in [0.25, 0.3) is 10.8 Å². The first-order valence-electron chi connectivity index (χ1n) is 9.44. The number of amides is 1. The van der Waals surface area contributed by atoms with Crippen molar-refractivity contribution < 1.29 is 13.2 Å². The highest BCUT2D eigenvalue weighted by atomic mass is 32.2. The highest BCUT2D eigenvalue weighted by Gasteiger charge is 2.37. The Kier molecular flexibility index (Phi) is 4.81. The molecule has 0 radical (unpaired) electrons. The number of benzene rings is 3. The largest absolute Gasteiger partial charge is 0.311 e. The fourth-order valence-electron chi connectivity index (χ4n) is 3.66. The lowest BCUT2D eigenvalue weighted by atomic mass is 10.1. The van der Waals surface area contributed by atoms with Crippen LogP contribution in [0.4, 0.5) is 11.4 Å². The normalized spacial score (nSPS) is 14.4. The average Bonchev–Trinajstić information content (AvgIpc) is 2.92. The van der Waals surface area contributed by atoms with E-state index in [0.29, 0.717) is 17.6 Å². The van der Waals surface area contributed by atoms with Crippen molar-refractivity contribution in [1.82, 2.24) is 0 Å². The van der Waals surface area contributed by atoms with Crippen LogP contribution in [0.2, 0.25) is 0 Å². The quantitative estimate of drug-likeness (QED) is 0.630. The fourth-order valence-corrected chi connectivity index (χ4v) is 5.32. The van der Waals surface area contributed by atoms with Gasteiger partial charge in [0, 0.05) is 17.6 Å². The summed E-state index contributed by atoms with van der Waals surface area (Å²) in [5, 5.41) is 1.55. The van der Waals surface area contributed by atoms with Gasteiger partial charge in [0.2, 0.25) is 5.91 Å². The molecule has 1 aliphatic rings. The second-order valence-electron chi connectivity index (χ2n) is 6.88. The van der Waals surface area contributed by atoms with Gasteiger partial charge in [0.25, 0.3) is 10.0 Å². The Balaban J connectivity index is 1.70. The van der Waals surface area contributed by atoms with Crippen LogP contribution in [0.1, 0.15) is 19.8 Å². The number of nitrogens with zero attached hydrogens (tertiary/aromatic N) is 2. The molecule has 1 heterocycles. The molecular formula is C22H22N2O3S. The molecule has 0 saturated carbocycles. The topological polar surface area (TPSA) is 57.7 Å². The van der Waals surface area contributed by atoms with E-state index in [1.54, 1.807) is 23.1 Å². The van der Waals surface area contributed by atoms with Crippen LogP contribution in [0.5, 0.6) is 0 Å². The average molecular weight is 394 g/mol. The summed E-state index contributed by atoms with van der Waals surface area (Å²) < 4.78 is 27.5. The molecule has 1 amide bonds. The summed E-state index contributed by atoms with van der Waals surface area (Å²) in [6.07, 6.45) is 1.80. The molecule has 0 bridgehead atoms. The van der Waals surface area contributed by atoms with Gasteiger partial charge in [0.1, 0.15) is 6.54 Å². The highest BCUT2D eigenvalue weighted by Crippen LogP contribution is 2.41. The summed E-state index contributed by atoms with van der Waals surface area (Å²) >= 11 is 0. The van der Waals surface area contributed by atoms with E-state index in [1.165, 1.54) is 4.31 Å². The molecule has 0 atom stereocenters. The van der Waals surface area contributed by atoms with Crippen molar-refractivity contribution in [3.63, 3.8) is 0 Å². The standard InChI is InChI=1S/C22H22N2O3S/c1-2-3-15-23(18-11-5-4-6-12-18)21(25)16-24-19-13-7-9-17-10-8-14-20(22(17)19)28(24,26)27/h4-14H,2-3,15-16H2,1H3. The van der Waals surface area contributed by atoms with Gasteiger partial charge in [-0.25, -0.2) is 8.42 Å². The maximum atomic E-state index is 13.2. The van der Waals surface area contributed by atoms with Crippen LogP contribution in [0.15, 0.2) is 71.6 Å². The molecule has 6 heteroatoms. The minimum atomic E-state index is -3.74. The first-order chi connectivity index (χ1) is 13.5. The third kappa shape index (κ3) is 3.03. The molecule has 0 aromatic heterocycles. The van der Waals surface area contributed by atoms with Gasteiger partial charge in [0.05, 0.1) is 10.6 Å². The zero-order valence-corrected chi connectivity index (χ0v) is 16.5. The Bertz CT molecular complexity index is 1120. The van der Waals surface area contributed by atoms with E-state index in [2.05, 4.69) is 6.92 Å². The predicted molar refractivity (Wildman–Crippen MR) is 112 cm³/mol.